The molecule has 23 heavy (non-hydrogen) atoms. The minimum absolute atomic E-state index is 0.265. The van der Waals surface area contributed by atoms with Gasteiger partial charge in [0.25, 0.3) is 0 Å². The van der Waals surface area contributed by atoms with E-state index in [4.69, 9.17) is 9.47 Å². The third-order valence-electron chi connectivity index (χ3n) is 4.53. The highest BCUT2D eigenvalue weighted by Crippen LogP contribution is 2.46. The lowest BCUT2D eigenvalue weighted by Gasteiger charge is -2.18. The van der Waals surface area contributed by atoms with Crippen molar-refractivity contribution in [3.63, 3.8) is 0 Å². The number of rotatable bonds is 3. The van der Waals surface area contributed by atoms with E-state index >= 15 is 0 Å². The first-order valence-corrected chi connectivity index (χ1v) is 7.60. The molecule has 3 aliphatic heterocycles. The van der Waals surface area contributed by atoms with Crippen LogP contribution in [0.3, 0.4) is 0 Å². The molecule has 2 amide bonds. The number of fused-ring (bicyclic) bond motifs is 5. The Morgan fingerprint density at radius 2 is 1.83 bits per heavy atom. The Hall–Kier alpha value is -2.47. The molecule has 2 saturated heterocycles. The number of imide groups is 1. The highest BCUT2D eigenvalue weighted by molar-refractivity contribution is 6.23. The fourth-order valence-corrected chi connectivity index (χ4v) is 3.54. The van der Waals surface area contributed by atoms with E-state index in [-0.39, 0.29) is 30.6 Å². The summed E-state index contributed by atoms with van der Waals surface area (Å²) in [5, 5.41) is 0. The third-order valence-corrected chi connectivity index (χ3v) is 4.53. The molecule has 0 N–H and O–H groups in total. The van der Waals surface area contributed by atoms with Gasteiger partial charge < -0.3 is 9.47 Å². The van der Waals surface area contributed by atoms with Crippen LogP contribution in [0.5, 0.6) is 0 Å². The molecule has 4 atom stereocenters. The highest BCUT2D eigenvalue weighted by atomic mass is 16.5. The summed E-state index contributed by atoms with van der Waals surface area (Å²) in [6, 6.07) is 6.40. The van der Waals surface area contributed by atoms with Gasteiger partial charge in [0.15, 0.2) is 0 Å². The Morgan fingerprint density at radius 3 is 2.43 bits per heavy atom. The topological polar surface area (TPSA) is 72.9 Å². The largest absolute Gasteiger partial charge is 0.462 e. The third kappa shape index (κ3) is 1.95. The Morgan fingerprint density at radius 1 is 1.17 bits per heavy atom. The van der Waals surface area contributed by atoms with Crippen molar-refractivity contribution < 1.29 is 23.9 Å². The van der Waals surface area contributed by atoms with E-state index in [9.17, 15) is 14.4 Å². The Labute approximate surface area is 132 Å². The number of ether oxygens (including phenoxy) is 2. The number of hydrogen-bond acceptors (Lipinski definition) is 5. The van der Waals surface area contributed by atoms with Gasteiger partial charge >= 0.3 is 5.97 Å². The molecule has 0 unspecified atom stereocenters. The van der Waals surface area contributed by atoms with Gasteiger partial charge in [-0.15, -0.1) is 0 Å². The van der Waals surface area contributed by atoms with E-state index < -0.39 is 17.8 Å². The van der Waals surface area contributed by atoms with Crippen LogP contribution in [0.25, 0.3) is 0 Å². The van der Waals surface area contributed by atoms with Crippen molar-refractivity contribution in [2.24, 2.45) is 11.8 Å². The number of esters is 1. The monoisotopic (exact) mass is 313 g/mol. The van der Waals surface area contributed by atoms with Gasteiger partial charge in [-0.1, -0.05) is 18.2 Å². The Balaban J connectivity index is 1.67. The number of amides is 2. The zero-order chi connectivity index (χ0) is 16.1. The molecule has 0 aliphatic carbocycles. The standard InChI is InChI=1S/C17H15NO5/c1-2-22-17(21)9-4-3-5-10(8-9)18-15(19)13-11-6-7-12(23-11)14(13)16(18)20/h3-8,11-14H,2H2,1H3/t11-,12+,13-,14-/m0/s1. The number of hydrogen-bond donors (Lipinski definition) is 0. The van der Waals surface area contributed by atoms with Crippen LogP contribution in [0.15, 0.2) is 36.4 Å². The molecule has 6 nitrogen and oxygen atoms in total. The molecular formula is C17H15NO5. The molecule has 0 saturated carbocycles. The van der Waals surface area contributed by atoms with E-state index in [1.165, 1.54) is 11.0 Å². The summed E-state index contributed by atoms with van der Waals surface area (Å²) in [6.45, 7) is 1.99. The van der Waals surface area contributed by atoms with Crippen molar-refractivity contribution >= 4 is 23.5 Å². The van der Waals surface area contributed by atoms with Gasteiger partial charge in [-0.2, -0.15) is 0 Å². The Kier molecular flexibility index (Phi) is 3.09. The van der Waals surface area contributed by atoms with Crippen LogP contribution in [-0.4, -0.2) is 36.6 Å². The van der Waals surface area contributed by atoms with Gasteiger partial charge in [-0.3, -0.25) is 9.59 Å². The van der Waals surface area contributed by atoms with Gasteiger partial charge in [0, 0.05) is 0 Å². The average Bonchev–Trinajstić information content (AvgIpc) is 3.22. The van der Waals surface area contributed by atoms with E-state index in [1.54, 1.807) is 25.1 Å². The summed E-state index contributed by atoms with van der Waals surface area (Å²) in [5.74, 6) is -1.91. The molecule has 4 rings (SSSR count). The van der Waals surface area contributed by atoms with Crippen LogP contribution in [0.4, 0.5) is 5.69 Å². The normalized spacial score (nSPS) is 30.9. The maximum Gasteiger partial charge on any atom is 0.338 e. The molecule has 1 aromatic carbocycles. The predicted octanol–water partition coefficient (Wildman–Crippen LogP) is 1.31. The molecule has 3 heterocycles. The van der Waals surface area contributed by atoms with E-state index in [2.05, 4.69) is 0 Å². The van der Waals surface area contributed by atoms with Gasteiger partial charge in [0.2, 0.25) is 11.8 Å². The zero-order valence-electron chi connectivity index (χ0n) is 12.5. The fourth-order valence-electron chi connectivity index (χ4n) is 3.54. The summed E-state index contributed by atoms with van der Waals surface area (Å²) in [4.78, 5) is 38.4. The summed E-state index contributed by atoms with van der Waals surface area (Å²) >= 11 is 0. The van der Waals surface area contributed by atoms with Gasteiger partial charge in [-0.25, -0.2) is 9.69 Å². The van der Waals surface area contributed by atoms with Crippen LogP contribution in [0, 0.1) is 11.8 Å². The molecule has 3 aliphatic rings. The lowest BCUT2D eigenvalue weighted by atomic mass is 9.85. The molecule has 0 aromatic heterocycles. The van der Waals surface area contributed by atoms with Crippen LogP contribution >= 0.6 is 0 Å². The average molecular weight is 313 g/mol. The smallest absolute Gasteiger partial charge is 0.338 e. The molecule has 1 aromatic rings. The molecule has 6 heteroatoms. The lowest BCUT2D eigenvalue weighted by Crippen LogP contribution is -2.34. The maximum absolute atomic E-state index is 12.7. The first kappa shape index (κ1) is 14.1. The minimum Gasteiger partial charge on any atom is -0.462 e. The van der Waals surface area contributed by atoms with Crippen LogP contribution in [0.1, 0.15) is 17.3 Å². The quantitative estimate of drug-likeness (QED) is 0.478. The molecule has 2 bridgehead atoms. The van der Waals surface area contributed by atoms with Crippen LogP contribution < -0.4 is 4.90 Å². The predicted molar refractivity (Wildman–Crippen MR) is 79.7 cm³/mol. The SMILES string of the molecule is CCOC(=O)c1cccc(N2C(=O)[C@@H]3[C@@H](C2=O)[C@H]2C=C[C@@H]3O2)c1. The minimum atomic E-state index is -0.473. The first-order valence-electron chi connectivity index (χ1n) is 7.60. The van der Waals surface area contributed by atoms with E-state index in [1.807, 2.05) is 12.2 Å². The number of carbonyl (C=O) groups excluding carboxylic acids is 3. The number of nitrogens with zero attached hydrogens (tertiary/aromatic N) is 1. The van der Waals surface area contributed by atoms with E-state index in [0.29, 0.717) is 11.3 Å². The molecule has 0 radical (unpaired) electrons. The molecular weight excluding hydrogens is 298 g/mol. The molecule has 118 valence electrons. The van der Waals surface area contributed by atoms with Crippen molar-refractivity contribution in [2.45, 2.75) is 19.1 Å². The number of benzene rings is 1. The van der Waals surface area contributed by atoms with Crippen molar-refractivity contribution in [1.29, 1.82) is 0 Å². The van der Waals surface area contributed by atoms with Crippen molar-refractivity contribution in [1.82, 2.24) is 0 Å². The highest BCUT2D eigenvalue weighted by Gasteiger charge is 2.61. The second-order valence-corrected chi connectivity index (χ2v) is 5.78. The van der Waals surface area contributed by atoms with Gasteiger partial charge in [-0.05, 0) is 25.1 Å². The first-order chi connectivity index (χ1) is 11.1. The Bertz CT molecular complexity index is 710. The summed E-state index contributed by atoms with van der Waals surface area (Å²) in [5.41, 5.74) is 0.721. The fraction of sp³-hybridized carbons (Fsp3) is 0.353. The van der Waals surface area contributed by atoms with Gasteiger partial charge in [0.05, 0.1) is 41.9 Å². The maximum atomic E-state index is 12.7. The lowest BCUT2D eigenvalue weighted by molar-refractivity contribution is -0.124. The number of anilines is 1. The van der Waals surface area contributed by atoms with Gasteiger partial charge in [0.1, 0.15) is 0 Å². The second-order valence-electron chi connectivity index (χ2n) is 5.78. The van der Waals surface area contributed by atoms with Crippen LogP contribution in [0.2, 0.25) is 0 Å². The summed E-state index contributed by atoms with van der Waals surface area (Å²) in [6.07, 6.45) is 3.05. The zero-order valence-corrected chi connectivity index (χ0v) is 12.5. The molecule has 2 fully saturated rings. The van der Waals surface area contributed by atoms with Crippen LogP contribution in [-0.2, 0) is 19.1 Å². The van der Waals surface area contributed by atoms with E-state index in [0.717, 1.165) is 0 Å². The number of carbonyl (C=O) groups is 3. The summed E-state index contributed by atoms with van der Waals surface area (Å²) in [7, 11) is 0. The summed E-state index contributed by atoms with van der Waals surface area (Å²) < 4.78 is 10.6. The molecule has 0 spiro atoms. The second kappa shape index (κ2) is 5.03. The van der Waals surface area contributed by atoms with Crippen molar-refractivity contribution in [3.05, 3.63) is 42.0 Å². The van der Waals surface area contributed by atoms with Crippen molar-refractivity contribution in [3.8, 4) is 0 Å². The van der Waals surface area contributed by atoms with Crippen molar-refractivity contribution in [2.75, 3.05) is 11.5 Å².